The van der Waals surface area contributed by atoms with Crippen molar-refractivity contribution in [2.45, 2.75) is 12.8 Å². The van der Waals surface area contributed by atoms with Crippen LogP contribution in [0.1, 0.15) is 12.0 Å². The molecule has 0 radical (unpaired) electrons. The van der Waals surface area contributed by atoms with Crippen LogP contribution in [0, 0.1) is 0 Å². The molecule has 1 saturated heterocycles. The van der Waals surface area contributed by atoms with E-state index in [0.717, 1.165) is 25.8 Å². The molecule has 0 aliphatic carbocycles. The summed E-state index contributed by atoms with van der Waals surface area (Å²) in [5, 5.41) is 3.20. The van der Waals surface area contributed by atoms with E-state index in [1.807, 2.05) is 23.1 Å². The lowest BCUT2D eigenvalue weighted by Crippen LogP contribution is -2.50. The molecule has 21 heavy (non-hydrogen) atoms. The Balaban J connectivity index is 1.56. The number of aryl methyl sites for hydroxylation is 1. The van der Waals surface area contributed by atoms with Gasteiger partial charge in [-0.05, 0) is 24.9 Å². The van der Waals surface area contributed by atoms with Crippen LogP contribution in [-0.2, 0) is 16.0 Å². The van der Waals surface area contributed by atoms with Crippen molar-refractivity contribution >= 4 is 12.3 Å². The molecular formula is C16H23N3O2. The fourth-order valence-electron chi connectivity index (χ4n) is 2.45. The van der Waals surface area contributed by atoms with Crippen molar-refractivity contribution in [1.29, 1.82) is 0 Å². The van der Waals surface area contributed by atoms with E-state index in [1.54, 1.807) is 4.90 Å². The van der Waals surface area contributed by atoms with E-state index in [1.165, 1.54) is 5.56 Å². The first-order chi connectivity index (χ1) is 10.3. The van der Waals surface area contributed by atoms with E-state index in [0.29, 0.717) is 32.7 Å². The molecule has 0 spiro atoms. The van der Waals surface area contributed by atoms with Crippen molar-refractivity contribution in [2.24, 2.45) is 0 Å². The van der Waals surface area contributed by atoms with E-state index in [2.05, 4.69) is 17.4 Å². The Hall–Kier alpha value is -1.88. The maximum absolute atomic E-state index is 12.0. The van der Waals surface area contributed by atoms with Gasteiger partial charge < -0.3 is 15.1 Å². The van der Waals surface area contributed by atoms with Crippen LogP contribution in [0.4, 0.5) is 0 Å². The molecule has 1 aliphatic heterocycles. The highest BCUT2D eigenvalue weighted by molar-refractivity contribution is 5.78. The summed E-state index contributed by atoms with van der Waals surface area (Å²) in [5.74, 6) is 0.125. The van der Waals surface area contributed by atoms with E-state index in [4.69, 9.17) is 0 Å². The zero-order chi connectivity index (χ0) is 14.9. The summed E-state index contributed by atoms with van der Waals surface area (Å²) in [6.07, 6.45) is 2.90. The van der Waals surface area contributed by atoms with Gasteiger partial charge in [0.25, 0.3) is 0 Å². The molecule has 2 amide bonds. The highest BCUT2D eigenvalue weighted by atomic mass is 16.2. The molecule has 0 saturated carbocycles. The van der Waals surface area contributed by atoms with Crippen LogP contribution < -0.4 is 5.32 Å². The second-order valence-electron chi connectivity index (χ2n) is 5.29. The lowest BCUT2D eigenvalue weighted by Gasteiger charge is -2.32. The van der Waals surface area contributed by atoms with Gasteiger partial charge in [0.15, 0.2) is 0 Å². The molecule has 0 bridgehead atoms. The first kappa shape index (κ1) is 15.5. The molecular weight excluding hydrogens is 266 g/mol. The van der Waals surface area contributed by atoms with Crippen molar-refractivity contribution in [2.75, 3.05) is 39.3 Å². The lowest BCUT2D eigenvalue weighted by molar-refractivity contribution is -0.134. The van der Waals surface area contributed by atoms with Crippen molar-refractivity contribution < 1.29 is 9.59 Å². The molecule has 1 fully saturated rings. The Labute approximate surface area is 125 Å². The number of benzene rings is 1. The maximum Gasteiger partial charge on any atom is 0.236 e. The van der Waals surface area contributed by atoms with Crippen LogP contribution in [0.5, 0.6) is 0 Å². The third-order valence-electron chi connectivity index (χ3n) is 3.75. The highest BCUT2D eigenvalue weighted by Crippen LogP contribution is 2.02. The highest BCUT2D eigenvalue weighted by Gasteiger charge is 2.19. The fraction of sp³-hybridized carbons (Fsp3) is 0.500. The normalized spacial score (nSPS) is 15.0. The summed E-state index contributed by atoms with van der Waals surface area (Å²) in [7, 11) is 0. The Morgan fingerprint density at radius 3 is 2.52 bits per heavy atom. The van der Waals surface area contributed by atoms with Gasteiger partial charge in [0, 0.05) is 26.2 Å². The zero-order valence-electron chi connectivity index (χ0n) is 12.3. The van der Waals surface area contributed by atoms with Crippen molar-refractivity contribution in [1.82, 2.24) is 15.1 Å². The molecule has 5 heteroatoms. The number of rotatable bonds is 7. The zero-order valence-corrected chi connectivity index (χ0v) is 12.3. The Kier molecular flexibility index (Phi) is 6.22. The smallest absolute Gasteiger partial charge is 0.236 e. The van der Waals surface area contributed by atoms with Gasteiger partial charge >= 0.3 is 0 Å². The van der Waals surface area contributed by atoms with E-state index >= 15 is 0 Å². The van der Waals surface area contributed by atoms with Gasteiger partial charge in [0.2, 0.25) is 12.3 Å². The average molecular weight is 289 g/mol. The van der Waals surface area contributed by atoms with Gasteiger partial charge in [0.1, 0.15) is 0 Å². The van der Waals surface area contributed by atoms with E-state index in [9.17, 15) is 9.59 Å². The van der Waals surface area contributed by atoms with Crippen LogP contribution in [0.3, 0.4) is 0 Å². The van der Waals surface area contributed by atoms with Crippen LogP contribution in [0.25, 0.3) is 0 Å². The summed E-state index contributed by atoms with van der Waals surface area (Å²) in [6, 6.07) is 10.4. The molecule has 1 N–H and O–H groups in total. The van der Waals surface area contributed by atoms with Crippen molar-refractivity contribution in [3.05, 3.63) is 35.9 Å². The lowest BCUT2D eigenvalue weighted by atomic mass is 10.1. The minimum atomic E-state index is 0.125. The van der Waals surface area contributed by atoms with Gasteiger partial charge in [0.05, 0.1) is 6.54 Å². The number of nitrogens with zero attached hydrogens (tertiary/aromatic N) is 2. The predicted octanol–water partition coefficient (Wildman–Crippen LogP) is 0.509. The molecule has 1 aliphatic rings. The Morgan fingerprint density at radius 2 is 1.86 bits per heavy atom. The largest absolute Gasteiger partial charge is 0.342 e. The first-order valence-corrected chi connectivity index (χ1v) is 7.51. The van der Waals surface area contributed by atoms with Crippen molar-refractivity contribution in [3.8, 4) is 0 Å². The summed E-state index contributed by atoms with van der Waals surface area (Å²) in [4.78, 5) is 26.1. The molecule has 0 unspecified atom stereocenters. The number of hydrogen-bond acceptors (Lipinski definition) is 3. The fourth-order valence-corrected chi connectivity index (χ4v) is 2.45. The number of piperazine rings is 1. The van der Waals surface area contributed by atoms with Gasteiger partial charge in [-0.25, -0.2) is 0 Å². The van der Waals surface area contributed by atoms with E-state index in [-0.39, 0.29) is 5.91 Å². The van der Waals surface area contributed by atoms with Crippen molar-refractivity contribution in [3.63, 3.8) is 0 Å². The van der Waals surface area contributed by atoms with Crippen LogP contribution in [-0.4, -0.2) is 61.4 Å². The maximum atomic E-state index is 12.0. The molecule has 0 atom stereocenters. The van der Waals surface area contributed by atoms with E-state index < -0.39 is 0 Å². The molecule has 1 aromatic rings. The third-order valence-corrected chi connectivity index (χ3v) is 3.75. The molecule has 1 heterocycles. The third kappa shape index (κ3) is 5.19. The van der Waals surface area contributed by atoms with Gasteiger partial charge in [-0.2, -0.15) is 0 Å². The average Bonchev–Trinajstić information content (AvgIpc) is 2.55. The minimum absolute atomic E-state index is 0.125. The second kappa shape index (κ2) is 8.42. The summed E-state index contributed by atoms with van der Waals surface area (Å²) in [5.41, 5.74) is 1.33. The standard InChI is InChI=1S/C16H23N3O2/c20-14-18-9-11-19(12-10-18)16(21)13-17-8-4-7-15-5-2-1-3-6-15/h1-3,5-6,14,17H,4,7-13H2. The van der Waals surface area contributed by atoms with Crippen LogP contribution >= 0.6 is 0 Å². The summed E-state index contributed by atoms with van der Waals surface area (Å²) >= 11 is 0. The number of nitrogens with one attached hydrogen (secondary N) is 1. The first-order valence-electron chi connectivity index (χ1n) is 7.51. The predicted molar refractivity (Wildman–Crippen MR) is 81.8 cm³/mol. The molecule has 5 nitrogen and oxygen atoms in total. The van der Waals surface area contributed by atoms with Crippen LogP contribution in [0.15, 0.2) is 30.3 Å². The molecule has 1 aromatic carbocycles. The Morgan fingerprint density at radius 1 is 1.14 bits per heavy atom. The number of carbonyl (C=O) groups is 2. The number of carbonyl (C=O) groups excluding carboxylic acids is 2. The molecule has 2 rings (SSSR count). The topological polar surface area (TPSA) is 52.7 Å². The van der Waals surface area contributed by atoms with Crippen LogP contribution in [0.2, 0.25) is 0 Å². The quantitative estimate of drug-likeness (QED) is 0.588. The number of amides is 2. The summed E-state index contributed by atoms with van der Waals surface area (Å²) < 4.78 is 0. The SMILES string of the molecule is O=CN1CCN(C(=O)CNCCCc2ccccc2)CC1. The summed E-state index contributed by atoms with van der Waals surface area (Å²) in [6.45, 7) is 3.80. The molecule has 114 valence electrons. The Bertz CT molecular complexity index is 442. The monoisotopic (exact) mass is 289 g/mol. The van der Waals surface area contributed by atoms with Gasteiger partial charge in [-0.15, -0.1) is 0 Å². The minimum Gasteiger partial charge on any atom is -0.342 e. The van der Waals surface area contributed by atoms with Gasteiger partial charge in [-0.3, -0.25) is 9.59 Å². The van der Waals surface area contributed by atoms with Gasteiger partial charge in [-0.1, -0.05) is 30.3 Å². The second-order valence-corrected chi connectivity index (χ2v) is 5.29. The molecule has 0 aromatic heterocycles. The number of hydrogen-bond donors (Lipinski definition) is 1.